The van der Waals surface area contributed by atoms with Crippen molar-refractivity contribution >= 4 is 16.8 Å². The van der Waals surface area contributed by atoms with Crippen LogP contribution in [0.4, 0.5) is 0 Å². The first-order valence-corrected chi connectivity index (χ1v) is 6.44. The molecule has 0 amide bonds. The van der Waals surface area contributed by atoms with Crippen LogP contribution in [0.3, 0.4) is 0 Å². The van der Waals surface area contributed by atoms with Gasteiger partial charge < -0.3 is 10.3 Å². The number of nitrogens with one attached hydrogen (secondary N) is 2. The van der Waals surface area contributed by atoms with Crippen LogP contribution in [0.2, 0.25) is 0 Å². The highest BCUT2D eigenvalue weighted by atomic mass is 16.1. The third kappa shape index (κ3) is 3.17. The van der Waals surface area contributed by atoms with Crippen LogP contribution in [0.1, 0.15) is 36.3 Å². The van der Waals surface area contributed by atoms with Gasteiger partial charge in [-0.25, -0.2) is 4.98 Å². The molecule has 0 radical (unpaired) electrons. The zero-order valence-corrected chi connectivity index (χ0v) is 10.7. The van der Waals surface area contributed by atoms with Gasteiger partial charge in [0.1, 0.15) is 0 Å². The van der Waals surface area contributed by atoms with E-state index >= 15 is 0 Å². The number of aromatic nitrogens is 2. The van der Waals surface area contributed by atoms with Gasteiger partial charge in [0.25, 0.3) is 0 Å². The second-order valence-corrected chi connectivity index (χ2v) is 4.44. The molecule has 2 aromatic rings. The Balaban J connectivity index is 1.88. The Morgan fingerprint density at radius 1 is 1.28 bits per heavy atom. The molecular weight excluding hydrogens is 226 g/mol. The van der Waals surface area contributed by atoms with Crippen molar-refractivity contribution in [1.82, 2.24) is 15.3 Å². The summed E-state index contributed by atoms with van der Waals surface area (Å²) in [5, 5.41) is 3.10. The number of fused-ring (bicyclic) bond motifs is 1. The molecule has 0 atom stereocenters. The first-order chi connectivity index (χ1) is 8.81. The molecule has 2 N–H and O–H groups in total. The van der Waals surface area contributed by atoms with Crippen LogP contribution in [0.5, 0.6) is 0 Å². The maximum Gasteiger partial charge on any atom is 0.198 e. The molecule has 0 unspecified atom stereocenters. The molecule has 0 bridgehead atoms. The van der Waals surface area contributed by atoms with E-state index in [9.17, 15) is 4.79 Å². The quantitative estimate of drug-likeness (QED) is 0.582. The summed E-state index contributed by atoms with van der Waals surface area (Å²) >= 11 is 0. The fourth-order valence-corrected chi connectivity index (χ4v) is 1.97. The van der Waals surface area contributed by atoms with Crippen molar-refractivity contribution in [3.8, 4) is 0 Å². The number of para-hydroxylation sites is 2. The Morgan fingerprint density at radius 2 is 2.11 bits per heavy atom. The molecule has 2 rings (SSSR count). The maximum absolute atomic E-state index is 11.9. The van der Waals surface area contributed by atoms with Gasteiger partial charge in [0, 0.05) is 6.42 Å². The molecule has 1 aromatic heterocycles. The van der Waals surface area contributed by atoms with Crippen LogP contribution in [0.15, 0.2) is 24.3 Å². The van der Waals surface area contributed by atoms with Crippen molar-refractivity contribution in [3.05, 3.63) is 30.1 Å². The van der Waals surface area contributed by atoms with Crippen molar-refractivity contribution in [3.63, 3.8) is 0 Å². The Labute approximate surface area is 107 Å². The van der Waals surface area contributed by atoms with Crippen molar-refractivity contribution < 1.29 is 4.79 Å². The van der Waals surface area contributed by atoms with Gasteiger partial charge in [-0.3, -0.25) is 4.79 Å². The third-order valence-corrected chi connectivity index (χ3v) is 2.98. The van der Waals surface area contributed by atoms with E-state index in [4.69, 9.17) is 0 Å². The summed E-state index contributed by atoms with van der Waals surface area (Å²) in [7, 11) is 1.94. The van der Waals surface area contributed by atoms with Gasteiger partial charge in [-0.2, -0.15) is 0 Å². The van der Waals surface area contributed by atoms with E-state index in [1.54, 1.807) is 0 Å². The third-order valence-electron chi connectivity index (χ3n) is 2.98. The Bertz CT molecular complexity index is 485. The van der Waals surface area contributed by atoms with Gasteiger partial charge >= 0.3 is 0 Å². The molecule has 4 nitrogen and oxygen atoms in total. The molecule has 0 saturated carbocycles. The highest BCUT2D eigenvalue weighted by molar-refractivity contribution is 5.95. The van der Waals surface area contributed by atoms with E-state index in [-0.39, 0.29) is 5.78 Å². The molecular formula is C14H19N3O. The summed E-state index contributed by atoms with van der Waals surface area (Å²) in [6.07, 6.45) is 3.69. The summed E-state index contributed by atoms with van der Waals surface area (Å²) in [5.74, 6) is 0.598. The Morgan fingerprint density at radius 3 is 2.89 bits per heavy atom. The van der Waals surface area contributed by atoms with Crippen LogP contribution in [-0.2, 0) is 0 Å². The van der Waals surface area contributed by atoms with Crippen LogP contribution < -0.4 is 5.32 Å². The van der Waals surface area contributed by atoms with Gasteiger partial charge in [0.05, 0.1) is 11.0 Å². The predicted molar refractivity (Wildman–Crippen MR) is 72.8 cm³/mol. The number of nitrogens with zero attached hydrogens (tertiary/aromatic N) is 1. The number of carbonyl (C=O) groups excluding carboxylic acids is 1. The normalized spacial score (nSPS) is 10.9. The zero-order valence-electron chi connectivity index (χ0n) is 10.7. The van der Waals surface area contributed by atoms with Gasteiger partial charge in [0.2, 0.25) is 0 Å². The number of rotatable bonds is 7. The fraction of sp³-hybridized carbons (Fsp3) is 0.429. The number of H-pyrrole nitrogens is 1. The number of hydrogen-bond acceptors (Lipinski definition) is 3. The molecule has 0 saturated heterocycles. The summed E-state index contributed by atoms with van der Waals surface area (Å²) in [5.41, 5.74) is 1.78. The first-order valence-electron chi connectivity index (χ1n) is 6.44. The first kappa shape index (κ1) is 12.8. The van der Waals surface area contributed by atoms with E-state index in [2.05, 4.69) is 15.3 Å². The molecule has 18 heavy (non-hydrogen) atoms. The zero-order chi connectivity index (χ0) is 12.8. The maximum atomic E-state index is 11.9. The molecule has 0 fully saturated rings. The summed E-state index contributed by atoms with van der Waals surface area (Å²) in [6.45, 7) is 1.01. The lowest BCUT2D eigenvalue weighted by molar-refractivity contribution is 0.0970. The number of carbonyl (C=O) groups is 1. The van der Waals surface area contributed by atoms with Crippen LogP contribution in [0, 0.1) is 0 Å². The van der Waals surface area contributed by atoms with E-state index in [1.807, 2.05) is 31.3 Å². The van der Waals surface area contributed by atoms with Gasteiger partial charge in [0.15, 0.2) is 11.6 Å². The van der Waals surface area contributed by atoms with Crippen LogP contribution in [-0.4, -0.2) is 29.3 Å². The van der Waals surface area contributed by atoms with E-state index in [1.165, 1.54) is 0 Å². The minimum Gasteiger partial charge on any atom is -0.335 e. The van der Waals surface area contributed by atoms with Crippen molar-refractivity contribution in [2.75, 3.05) is 13.6 Å². The number of ketones is 1. The number of imidazole rings is 1. The molecule has 96 valence electrons. The lowest BCUT2D eigenvalue weighted by Gasteiger charge is -1.99. The number of Topliss-reactive ketones (excluding diaryl/α,β-unsaturated/α-hetero) is 1. The molecule has 0 spiro atoms. The molecule has 1 heterocycles. The fourth-order valence-electron chi connectivity index (χ4n) is 1.97. The number of benzene rings is 1. The molecule has 1 aromatic carbocycles. The largest absolute Gasteiger partial charge is 0.335 e. The molecule has 0 aliphatic heterocycles. The lowest BCUT2D eigenvalue weighted by atomic mass is 10.1. The van der Waals surface area contributed by atoms with Crippen molar-refractivity contribution in [2.45, 2.75) is 25.7 Å². The van der Waals surface area contributed by atoms with Crippen molar-refractivity contribution in [1.29, 1.82) is 0 Å². The van der Waals surface area contributed by atoms with Crippen LogP contribution in [0.25, 0.3) is 11.0 Å². The summed E-state index contributed by atoms with van der Waals surface area (Å²) < 4.78 is 0. The van der Waals surface area contributed by atoms with Gasteiger partial charge in [-0.15, -0.1) is 0 Å². The second-order valence-electron chi connectivity index (χ2n) is 4.44. The highest BCUT2D eigenvalue weighted by Gasteiger charge is 2.10. The molecule has 4 heteroatoms. The number of aromatic amines is 1. The van der Waals surface area contributed by atoms with E-state index in [0.29, 0.717) is 12.2 Å². The minimum atomic E-state index is 0.107. The SMILES string of the molecule is CNCCCCCC(=O)c1nc2ccccc2[nH]1. The topological polar surface area (TPSA) is 57.8 Å². The standard InChI is InChI=1S/C14H19N3O/c1-15-10-6-2-3-9-13(18)14-16-11-7-4-5-8-12(11)17-14/h4-5,7-8,15H,2-3,6,9-10H2,1H3,(H,16,17). The van der Waals surface area contributed by atoms with Gasteiger partial charge in [-0.05, 0) is 38.6 Å². The predicted octanol–water partition coefficient (Wildman–Crippen LogP) is 2.53. The second kappa shape index (κ2) is 6.31. The van der Waals surface area contributed by atoms with E-state index in [0.717, 1.165) is 36.8 Å². The minimum absolute atomic E-state index is 0.107. The van der Waals surface area contributed by atoms with Gasteiger partial charge in [-0.1, -0.05) is 18.6 Å². The smallest absolute Gasteiger partial charge is 0.198 e. The molecule has 0 aliphatic carbocycles. The average Bonchev–Trinajstić information content (AvgIpc) is 2.82. The molecule has 0 aliphatic rings. The van der Waals surface area contributed by atoms with Crippen molar-refractivity contribution in [2.24, 2.45) is 0 Å². The average molecular weight is 245 g/mol. The number of hydrogen-bond donors (Lipinski definition) is 2. The Hall–Kier alpha value is -1.68. The number of unbranched alkanes of at least 4 members (excludes halogenated alkanes) is 2. The highest BCUT2D eigenvalue weighted by Crippen LogP contribution is 2.12. The monoisotopic (exact) mass is 245 g/mol. The summed E-state index contributed by atoms with van der Waals surface area (Å²) in [4.78, 5) is 19.3. The Kier molecular flexibility index (Phi) is 4.47. The van der Waals surface area contributed by atoms with E-state index < -0.39 is 0 Å². The summed E-state index contributed by atoms with van der Waals surface area (Å²) in [6, 6.07) is 7.71. The lowest BCUT2D eigenvalue weighted by Crippen LogP contribution is -2.07. The van der Waals surface area contributed by atoms with Crippen LogP contribution >= 0.6 is 0 Å².